The highest BCUT2D eigenvalue weighted by atomic mass is 35.5. The number of ether oxygens (including phenoxy) is 1. The van der Waals surface area contributed by atoms with Gasteiger partial charge in [-0.05, 0) is 35.4 Å². The van der Waals surface area contributed by atoms with E-state index in [4.69, 9.17) is 44.1 Å². The summed E-state index contributed by atoms with van der Waals surface area (Å²) in [7, 11) is -2.32. The predicted molar refractivity (Wildman–Crippen MR) is 137 cm³/mol. The fourth-order valence-electron chi connectivity index (χ4n) is 3.14. The Morgan fingerprint density at radius 2 is 1.41 bits per heavy atom. The van der Waals surface area contributed by atoms with Crippen LogP contribution in [0.1, 0.15) is 11.1 Å². The number of morpholine rings is 1. The molecule has 1 saturated heterocycles. The quantitative estimate of drug-likeness (QED) is 0.271. The van der Waals surface area contributed by atoms with Crippen LogP contribution in [0.2, 0.25) is 15.1 Å². The fourth-order valence-corrected chi connectivity index (χ4v) is 4.61. The van der Waals surface area contributed by atoms with Gasteiger partial charge in [-0.3, -0.25) is 4.55 Å². The van der Waals surface area contributed by atoms with E-state index in [1.54, 1.807) is 0 Å². The predicted octanol–water partition coefficient (Wildman–Crippen LogP) is 5.41. The van der Waals surface area contributed by atoms with Crippen LogP contribution in [0, 0.1) is 0 Å². The van der Waals surface area contributed by atoms with Gasteiger partial charge >= 0.3 is 0 Å². The van der Waals surface area contributed by atoms with Gasteiger partial charge in [-0.1, -0.05) is 59.1 Å². The van der Waals surface area contributed by atoms with E-state index in [9.17, 15) is 8.42 Å². The molecule has 0 radical (unpaired) electrons. The molecule has 1 N–H and O–H groups in total. The maximum absolute atomic E-state index is 10.7. The second-order valence-electron chi connectivity index (χ2n) is 7.49. The first-order chi connectivity index (χ1) is 16.1. The highest BCUT2D eigenvalue weighted by Crippen LogP contribution is 2.31. The van der Waals surface area contributed by atoms with E-state index in [1.807, 2.05) is 11.6 Å². The smallest absolute Gasteiger partial charge is 0.296 e. The van der Waals surface area contributed by atoms with Crippen molar-refractivity contribution in [2.24, 2.45) is 7.05 Å². The van der Waals surface area contributed by atoms with Gasteiger partial charge in [0, 0.05) is 30.9 Å². The van der Waals surface area contributed by atoms with Crippen molar-refractivity contribution >= 4 is 62.8 Å². The van der Waals surface area contributed by atoms with Crippen molar-refractivity contribution in [3.05, 3.63) is 87.1 Å². The number of nitrogens with zero attached hydrogens (tertiary/aromatic N) is 2. The normalized spacial score (nSPS) is 14.1. The summed E-state index contributed by atoms with van der Waals surface area (Å²) >= 11 is 16.6. The number of anilines is 1. The van der Waals surface area contributed by atoms with E-state index in [0.29, 0.717) is 0 Å². The minimum Gasteiger partial charge on any atom is -0.378 e. The molecule has 0 amide bonds. The molecule has 4 rings (SSSR count). The first-order valence-corrected chi connectivity index (χ1v) is 12.9. The molecule has 0 spiro atoms. The Morgan fingerprint density at radius 1 is 0.882 bits per heavy atom. The topological polar surface area (TPSA) is 70.7 Å². The molecule has 0 unspecified atom stereocenters. The first-order valence-electron chi connectivity index (χ1n) is 10.3. The monoisotopic (exact) mass is 541 g/mol. The van der Waals surface area contributed by atoms with Crippen LogP contribution < -0.4 is 9.47 Å². The summed E-state index contributed by atoms with van der Waals surface area (Å²) in [4.78, 5) is 1.91. The molecule has 1 aromatic heterocycles. The first kappa shape index (κ1) is 26.5. The molecule has 1 aliphatic rings. The molecule has 2 aromatic carbocycles. The molecule has 6 nitrogen and oxygen atoms in total. The molecule has 2 heterocycles. The Kier molecular flexibility index (Phi) is 9.36. The average Bonchev–Trinajstić information content (AvgIpc) is 2.82. The zero-order valence-corrected chi connectivity index (χ0v) is 21.4. The third-order valence-electron chi connectivity index (χ3n) is 4.99. The van der Waals surface area contributed by atoms with Crippen LogP contribution in [0.5, 0.6) is 0 Å². The van der Waals surface area contributed by atoms with Crippen molar-refractivity contribution in [2.75, 3.05) is 31.2 Å². The molecule has 0 atom stereocenters. The van der Waals surface area contributed by atoms with E-state index in [-0.39, 0.29) is 15.1 Å². The summed E-state index contributed by atoms with van der Waals surface area (Å²) in [5.41, 5.74) is 3.72. The van der Waals surface area contributed by atoms with Gasteiger partial charge < -0.3 is 9.64 Å². The van der Waals surface area contributed by atoms with Gasteiger partial charge in [0.1, 0.15) is 11.9 Å². The standard InChI is InChI=1S/C18H21N2O.C6H3Cl3O3S/c1-19-10-8-17(9-11-19)3-2-16-4-6-18(7-5-16)20-12-14-21-15-13-20;7-3-1-5(9)6(2-4(3)8)13(10,11)12/h2-11H,12-15H2,1H3;1-2H,(H,10,11,12)/q+1;. The van der Waals surface area contributed by atoms with Crippen LogP contribution in [-0.4, -0.2) is 39.3 Å². The van der Waals surface area contributed by atoms with E-state index in [0.717, 1.165) is 38.4 Å². The molecule has 3 aromatic rings. The lowest BCUT2D eigenvalue weighted by Crippen LogP contribution is -2.36. The number of hydrogen-bond acceptors (Lipinski definition) is 4. The highest BCUT2D eigenvalue weighted by molar-refractivity contribution is 7.86. The molecular formula is C24H24Cl3N2O4S+. The zero-order valence-electron chi connectivity index (χ0n) is 18.4. The van der Waals surface area contributed by atoms with Crippen molar-refractivity contribution < 1.29 is 22.3 Å². The second kappa shape index (κ2) is 12.0. The minimum absolute atomic E-state index is 0.0127. The molecular weight excluding hydrogens is 519 g/mol. The van der Waals surface area contributed by atoms with Crippen molar-refractivity contribution in [3.63, 3.8) is 0 Å². The summed E-state index contributed by atoms with van der Waals surface area (Å²) < 4.78 is 37.5. The summed E-state index contributed by atoms with van der Waals surface area (Å²) in [6.07, 6.45) is 8.41. The number of benzene rings is 2. The van der Waals surface area contributed by atoms with Crippen LogP contribution in [0.3, 0.4) is 0 Å². The summed E-state index contributed by atoms with van der Waals surface area (Å²) in [6, 6.07) is 15.1. The van der Waals surface area contributed by atoms with Crippen molar-refractivity contribution in [1.29, 1.82) is 0 Å². The number of hydrogen-bond donors (Lipinski definition) is 1. The average molecular weight is 543 g/mol. The number of aromatic nitrogens is 1. The maximum Gasteiger partial charge on any atom is 0.296 e. The Bertz CT molecular complexity index is 1240. The lowest BCUT2D eigenvalue weighted by atomic mass is 10.1. The third-order valence-corrected chi connectivity index (χ3v) is 7.04. The fraction of sp³-hybridized carbons (Fsp3) is 0.208. The summed E-state index contributed by atoms with van der Waals surface area (Å²) in [5, 5.41) is -0.0327. The Morgan fingerprint density at radius 3 is 1.97 bits per heavy atom. The molecule has 1 fully saturated rings. The van der Waals surface area contributed by atoms with Gasteiger partial charge in [0.15, 0.2) is 12.4 Å². The van der Waals surface area contributed by atoms with Crippen molar-refractivity contribution in [2.45, 2.75) is 4.90 Å². The van der Waals surface area contributed by atoms with Gasteiger partial charge in [0.05, 0.1) is 28.3 Å². The molecule has 34 heavy (non-hydrogen) atoms. The number of halogens is 3. The van der Waals surface area contributed by atoms with Crippen LogP contribution in [0.15, 0.2) is 65.8 Å². The van der Waals surface area contributed by atoms with Gasteiger partial charge in [-0.15, -0.1) is 0 Å². The van der Waals surface area contributed by atoms with E-state index in [2.05, 4.69) is 65.8 Å². The molecule has 1 aliphatic heterocycles. The van der Waals surface area contributed by atoms with E-state index in [1.165, 1.54) is 16.8 Å². The second-order valence-corrected chi connectivity index (χ2v) is 10.1. The minimum atomic E-state index is -4.35. The van der Waals surface area contributed by atoms with Gasteiger partial charge in [0.2, 0.25) is 0 Å². The van der Waals surface area contributed by atoms with Crippen molar-refractivity contribution in [1.82, 2.24) is 0 Å². The number of aryl methyl sites for hydroxylation is 1. The van der Waals surface area contributed by atoms with Gasteiger partial charge in [-0.25, -0.2) is 4.57 Å². The Hall–Kier alpha value is -2.13. The molecule has 180 valence electrons. The summed E-state index contributed by atoms with van der Waals surface area (Å²) in [6.45, 7) is 3.62. The number of pyridine rings is 1. The van der Waals surface area contributed by atoms with Crippen LogP contribution >= 0.6 is 34.8 Å². The van der Waals surface area contributed by atoms with Crippen LogP contribution in [-0.2, 0) is 21.9 Å². The molecule has 0 saturated carbocycles. The number of rotatable bonds is 4. The largest absolute Gasteiger partial charge is 0.378 e. The lowest BCUT2D eigenvalue weighted by molar-refractivity contribution is -0.671. The zero-order chi connectivity index (χ0) is 24.7. The molecule has 0 aliphatic carbocycles. The summed E-state index contributed by atoms with van der Waals surface area (Å²) in [5.74, 6) is 0. The maximum atomic E-state index is 10.7. The Balaban J connectivity index is 0.000000215. The SMILES string of the molecule is C[n+]1ccc(C=Cc2ccc(N3CCOCC3)cc2)cc1.O=S(=O)(O)c1cc(Cl)c(Cl)cc1Cl. The Labute approximate surface area is 214 Å². The highest BCUT2D eigenvalue weighted by Gasteiger charge is 2.16. The lowest BCUT2D eigenvalue weighted by Gasteiger charge is -2.28. The third kappa shape index (κ3) is 7.70. The van der Waals surface area contributed by atoms with Crippen LogP contribution in [0.4, 0.5) is 5.69 Å². The van der Waals surface area contributed by atoms with E-state index >= 15 is 0 Å². The van der Waals surface area contributed by atoms with Crippen molar-refractivity contribution in [3.8, 4) is 0 Å². The van der Waals surface area contributed by atoms with Gasteiger partial charge in [-0.2, -0.15) is 8.42 Å². The van der Waals surface area contributed by atoms with Gasteiger partial charge in [0.25, 0.3) is 10.1 Å². The molecule has 0 bridgehead atoms. The van der Waals surface area contributed by atoms with Crippen LogP contribution in [0.25, 0.3) is 12.2 Å². The molecule has 10 heteroatoms. The van der Waals surface area contributed by atoms with E-state index < -0.39 is 15.0 Å².